The molecule has 0 aliphatic rings. The van der Waals surface area contributed by atoms with Gasteiger partial charge in [0.05, 0.1) is 9.82 Å². The smallest absolute Gasteiger partial charge is 0.292 e. The molecule has 2 N–H and O–H groups in total. The first-order valence-corrected chi connectivity index (χ1v) is 7.79. The molecule has 9 heteroatoms. The molecule has 1 aromatic rings. The van der Waals surface area contributed by atoms with Crippen LogP contribution in [0.15, 0.2) is 23.1 Å². The first kappa shape index (κ1) is 17.3. The molecule has 0 aliphatic heterocycles. The molecule has 1 unspecified atom stereocenters. The number of hydrogen-bond donors (Lipinski definition) is 2. The highest BCUT2D eigenvalue weighted by molar-refractivity contribution is 7.89. The van der Waals surface area contributed by atoms with E-state index in [1.54, 1.807) is 6.92 Å². The van der Waals surface area contributed by atoms with Crippen molar-refractivity contribution in [1.82, 2.24) is 9.62 Å². The van der Waals surface area contributed by atoms with Gasteiger partial charge in [0.15, 0.2) is 0 Å². The Kier molecular flexibility index (Phi) is 5.64. The minimum Gasteiger partial charge on any atom is -0.383 e. The van der Waals surface area contributed by atoms with Gasteiger partial charge in [-0.1, -0.05) is 0 Å². The minimum absolute atomic E-state index is 0.0111. The van der Waals surface area contributed by atoms with Crippen LogP contribution in [0.1, 0.15) is 6.92 Å². The molecule has 21 heavy (non-hydrogen) atoms. The fourth-order valence-electron chi connectivity index (χ4n) is 1.96. The van der Waals surface area contributed by atoms with Crippen LogP contribution in [-0.4, -0.2) is 52.0 Å². The fourth-order valence-corrected chi connectivity index (χ4v) is 3.22. The lowest BCUT2D eigenvalue weighted by atomic mass is 10.3. The molecule has 8 nitrogen and oxygen atoms in total. The maximum atomic E-state index is 12.2. The maximum Gasteiger partial charge on any atom is 0.292 e. The Morgan fingerprint density at radius 1 is 1.38 bits per heavy atom. The molecule has 0 aliphatic carbocycles. The average Bonchev–Trinajstić information content (AvgIpc) is 2.35. The van der Waals surface area contributed by atoms with Crippen molar-refractivity contribution in [2.45, 2.75) is 17.9 Å². The summed E-state index contributed by atoms with van der Waals surface area (Å²) in [6.07, 6.45) is 0. The van der Waals surface area contributed by atoms with E-state index in [0.29, 0.717) is 6.54 Å². The van der Waals surface area contributed by atoms with Crippen LogP contribution in [0.2, 0.25) is 0 Å². The van der Waals surface area contributed by atoms with E-state index in [-0.39, 0.29) is 22.3 Å². The lowest BCUT2D eigenvalue weighted by Crippen LogP contribution is -2.39. The fraction of sp³-hybridized carbons (Fsp3) is 0.500. The van der Waals surface area contributed by atoms with E-state index in [4.69, 9.17) is 0 Å². The molecule has 0 fully saturated rings. The molecule has 0 bridgehead atoms. The van der Waals surface area contributed by atoms with Gasteiger partial charge in [-0.15, -0.1) is 0 Å². The maximum absolute atomic E-state index is 12.2. The summed E-state index contributed by atoms with van der Waals surface area (Å²) in [5.74, 6) is 0. The van der Waals surface area contributed by atoms with E-state index in [1.165, 1.54) is 25.2 Å². The summed E-state index contributed by atoms with van der Waals surface area (Å²) in [6.45, 7) is 2.30. The minimum atomic E-state index is -3.72. The number of nitrogens with one attached hydrogen (secondary N) is 2. The normalized spacial score (nSPS) is 13.2. The third kappa shape index (κ3) is 4.66. The monoisotopic (exact) mass is 316 g/mol. The predicted molar refractivity (Wildman–Crippen MR) is 81.0 cm³/mol. The highest BCUT2D eigenvalue weighted by atomic mass is 32.2. The van der Waals surface area contributed by atoms with Crippen LogP contribution >= 0.6 is 0 Å². The van der Waals surface area contributed by atoms with Crippen LogP contribution in [0, 0.1) is 10.1 Å². The number of hydrogen-bond acceptors (Lipinski definition) is 6. The number of benzene rings is 1. The number of rotatable bonds is 7. The van der Waals surface area contributed by atoms with Gasteiger partial charge >= 0.3 is 0 Å². The van der Waals surface area contributed by atoms with Crippen molar-refractivity contribution in [3.8, 4) is 0 Å². The van der Waals surface area contributed by atoms with E-state index in [2.05, 4.69) is 10.0 Å². The molecular formula is C12H20N4O4S. The van der Waals surface area contributed by atoms with E-state index >= 15 is 0 Å². The van der Waals surface area contributed by atoms with Crippen molar-refractivity contribution >= 4 is 21.4 Å². The lowest BCUT2D eigenvalue weighted by Gasteiger charge is -2.18. The quantitative estimate of drug-likeness (QED) is 0.571. The standard InChI is InChI=1S/C12H20N4O4S/c1-9(8-15(3)4)14-21(19,20)10-5-6-12(16(17)18)11(7-10)13-2/h5-7,9,13-14H,8H2,1-4H3. The molecule has 0 saturated heterocycles. The Hall–Kier alpha value is -1.71. The first-order valence-electron chi connectivity index (χ1n) is 6.30. The Bertz CT molecular complexity index is 616. The lowest BCUT2D eigenvalue weighted by molar-refractivity contribution is -0.384. The van der Waals surface area contributed by atoms with Gasteiger partial charge < -0.3 is 10.2 Å². The zero-order valence-electron chi connectivity index (χ0n) is 12.5. The Labute approximate surface area is 124 Å². The zero-order valence-corrected chi connectivity index (χ0v) is 13.3. The molecule has 1 aromatic carbocycles. The van der Waals surface area contributed by atoms with Gasteiger partial charge in [-0.05, 0) is 33.2 Å². The van der Waals surface area contributed by atoms with Crippen LogP contribution in [-0.2, 0) is 10.0 Å². The third-order valence-corrected chi connectivity index (χ3v) is 4.33. The number of nitrogens with zero attached hydrogens (tertiary/aromatic N) is 2. The second kappa shape index (κ2) is 6.83. The summed E-state index contributed by atoms with van der Waals surface area (Å²) in [6, 6.07) is 3.38. The molecule has 0 radical (unpaired) electrons. The number of nitro benzene ring substituents is 1. The summed E-state index contributed by atoms with van der Waals surface area (Å²) >= 11 is 0. The van der Waals surface area contributed by atoms with Crippen LogP contribution in [0.3, 0.4) is 0 Å². The van der Waals surface area contributed by atoms with Gasteiger partial charge in [0.2, 0.25) is 10.0 Å². The van der Waals surface area contributed by atoms with E-state index in [1.807, 2.05) is 19.0 Å². The molecule has 1 atom stereocenters. The Balaban J connectivity index is 3.06. The highest BCUT2D eigenvalue weighted by Gasteiger charge is 2.21. The zero-order chi connectivity index (χ0) is 16.2. The van der Waals surface area contributed by atoms with E-state index in [0.717, 1.165) is 0 Å². The first-order chi connectivity index (χ1) is 9.67. The average molecular weight is 316 g/mol. The summed E-state index contributed by atoms with van der Waals surface area (Å²) < 4.78 is 27.0. The summed E-state index contributed by atoms with van der Waals surface area (Å²) in [5.41, 5.74) is -0.0130. The van der Waals surface area contributed by atoms with Gasteiger partial charge in [0.25, 0.3) is 5.69 Å². The van der Waals surface area contributed by atoms with Crippen molar-refractivity contribution in [3.05, 3.63) is 28.3 Å². The highest BCUT2D eigenvalue weighted by Crippen LogP contribution is 2.26. The second-order valence-corrected chi connectivity index (χ2v) is 6.68. The van der Waals surface area contributed by atoms with Crippen molar-refractivity contribution in [2.75, 3.05) is 33.0 Å². The number of anilines is 1. The number of nitro groups is 1. The molecule has 0 spiro atoms. The largest absolute Gasteiger partial charge is 0.383 e. The molecule has 0 heterocycles. The molecule has 0 amide bonds. The third-order valence-electron chi connectivity index (χ3n) is 2.74. The van der Waals surface area contributed by atoms with Crippen molar-refractivity contribution < 1.29 is 13.3 Å². The van der Waals surface area contributed by atoms with Gasteiger partial charge in [-0.25, -0.2) is 13.1 Å². The second-order valence-electron chi connectivity index (χ2n) is 4.97. The van der Waals surface area contributed by atoms with Crippen molar-refractivity contribution in [3.63, 3.8) is 0 Å². The molecule has 0 aromatic heterocycles. The summed E-state index contributed by atoms with van der Waals surface area (Å²) in [7, 11) is 1.47. The van der Waals surface area contributed by atoms with Crippen LogP contribution < -0.4 is 10.0 Å². The topological polar surface area (TPSA) is 105 Å². The van der Waals surface area contributed by atoms with E-state index < -0.39 is 14.9 Å². The Morgan fingerprint density at radius 2 is 2.00 bits per heavy atom. The molecule has 118 valence electrons. The van der Waals surface area contributed by atoms with E-state index in [9.17, 15) is 18.5 Å². The van der Waals surface area contributed by atoms with Gasteiger partial charge in [0.1, 0.15) is 5.69 Å². The van der Waals surface area contributed by atoms with Crippen molar-refractivity contribution in [1.29, 1.82) is 0 Å². The predicted octanol–water partition coefficient (Wildman–Crippen LogP) is 0.865. The molecular weight excluding hydrogens is 296 g/mol. The van der Waals surface area contributed by atoms with Crippen LogP contribution in [0.5, 0.6) is 0 Å². The summed E-state index contributed by atoms with van der Waals surface area (Å²) in [4.78, 5) is 12.1. The Morgan fingerprint density at radius 3 is 2.48 bits per heavy atom. The SMILES string of the molecule is CNc1cc(S(=O)(=O)NC(C)CN(C)C)ccc1[N+](=O)[O-]. The summed E-state index contributed by atoms with van der Waals surface area (Å²) in [5, 5.41) is 13.5. The van der Waals surface area contributed by atoms with Crippen molar-refractivity contribution in [2.24, 2.45) is 0 Å². The molecule has 1 rings (SSSR count). The van der Waals surface area contributed by atoms with Crippen LogP contribution in [0.25, 0.3) is 0 Å². The number of likely N-dealkylation sites (N-methyl/N-ethyl adjacent to an activating group) is 1. The van der Waals surface area contributed by atoms with Gasteiger partial charge in [0, 0.05) is 25.7 Å². The molecule has 0 saturated carbocycles. The van der Waals surface area contributed by atoms with Crippen LogP contribution in [0.4, 0.5) is 11.4 Å². The number of sulfonamides is 1. The van der Waals surface area contributed by atoms with Gasteiger partial charge in [-0.3, -0.25) is 10.1 Å². The van der Waals surface area contributed by atoms with Gasteiger partial charge in [-0.2, -0.15) is 0 Å².